The molecule has 0 saturated heterocycles. The molecule has 0 bridgehead atoms. The van der Waals surface area contributed by atoms with Gasteiger partial charge in [0.15, 0.2) is 0 Å². The molecule has 0 fully saturated rings. The summed E-state index contributed by atoms with van der Waals surface area (Å²) in [4.78, 5) is 59.9. The van der Waals surface area contributed by atoms with E-state index in [1.807, 2.05) is 12.1 Å². The number of aromatic amines is 1. The van der Waals surface area contributed by atoms with Crippen molar-refractivity contribution in [2.24, 2.45) is 5.73 Å². The van der Waals surface area contributed by atoms with Crippen LogP contribution in [0.5, 0.6) is 5.75 Å². The van der Waals surface area contributed by atoms with Crippen LogP contribution in [-0.2, 0) is 20.9 Å². The van der Waals surface area contributed by atoms with Gasteiger partial charge in [-0.2, -0.15) is 0 Å². The zero-order valence-electron chi connectivity index (χ0n) is 28.7. The molecule has 1 aliphatic rings. The Morgan fingerprint density at radius 2 is 1.80 bits per heavy atom. The molecule has 1 aromatic heterocycles. The summed E-state index contributed by atoms with van der Waals surface area (Å²) in [6, 6.07) is 10.2. The topological polar surface area (TPSA) is 162 Å². The summed E-state index contributed by atoms with van der Waals surface area (Å²) < 4.78 is 19.6. The van der Waals surface area contributed by atoms with E-state index in [9.17, 15) is 23.6 Å². The number of H-pyrrole nitrogens is 1. The molecule has 0 saturated carbocycles. The summed E-state index contributed by atoms with van der Waals surface area (Å²) >= 11 is 0. The number of hydrogen-bond acceptors (Lipinski definition) is 7. The number of carbonyl (C=O) groups excluding carboxylic acids is 4. The van der Waals surface area contributed by atoms with Crippen LogP contribution in [-0.4, -0.2) is 85.9 Å². The van der Waals surface area contributed by atoms with E-state index in [4.69, 9.17) is 10.5 Å². The zero-order valence-corrected chi connectivity index (χ0v) is 28.7. The van der Waals surface area contributed by atoms with E-state index in [0.29, 0.717) is 46.1 Å². The van der Waals surface area contributed by atoms with E-state index in [0.717, 1.165) is 25.2 Å². The van der Waals surface area contributed by atoms with Crippen molar-refractivity contribution < 1.29 is 28.3 Å². The molecule has 3 aromatic rings. The van der Waals surface area contributed by atoms with Crippen LogP contribution in [0.4, 0.5) is 10.1 Å². The van der Waals surface area contributed by atoms with Crippen LogP contribution in [0.3, 0.4) is 0 Å². The lowest BCUT2D eigenvalue weighted by Gasteiger charge is -2.21. The number of nitrogens with zero attached hydrogens (tertiary/aromatic N) is 2. The Balaban J connectivity index is 1.49. The fraction of sp³-hybridized carbons (Fsp3) is 0.389. The van der Waals surface area contributed by atoms with Crippen LogP contribution < -0.4 is 31.3 Å². The Morgan fingerprint density at radius 1 is 1.08 bits per heavy atom. The lowest BCUT2D eigenvalue weighted by molar-refractivity contribution is -0.128. The van der Waals surface area contributed by atoms with Gasteiger partial charge < -0.3 is 36.3 Å². The number of amides is 4. The summed E-state index contributed by atoms with van der Waals surface area (Å²) in [6.07, 6.45) is 1.76. The first-order valence-corrected chi connectivity index (χ1v) is 16.4. The van der Waals surface area contributed by atoms with Crippen molar-refractivity contribution in [1.82, 2.24) is 25.8 Å². The van der Waals surface area contributed by atoms with Crippen molar-refractivity contribution in [1.29, 1.82) is 0 Å². The highest BCUT2D eigenvalue weighted by molar-refractivity contribution is 6.36. The average molecular weight is 676 g/mol. The van der Waals surface area contributed by atoms with Gasteiger partial charge in [0.1, 0.15) is 24.2 Å². The Hall–Kier alpha value is -5.01. The summed E-state index contributed by atoms with van der Waals surface area (Å²) in [7, 11) is 1.57. The number of nitrogens with two attached hydrogens (primary N) is 1. The van der Waals surface area contributed by atoms with Crippen molar-refractivity contribution in [3.05, 3.63) is 81.9 Å². The third-order valence-corrected chi connectivity index (χ3v) is 8.65. The van der Waals surface area contributed by atoms with Gasteiger partial charge in [-0.15, -0.1) is 0 Å². The number of ether oxygens (including phenoxy) is 1. The van der Waals surface area contributed by atoms with E-state index in [2.05, 4.69) is 39.7 Å². The molecule has 6 N–H and O–H groups in total. The molecular weight excluding hydrogens is 629 g/mol. The smallest absolute Gasteiger partial charge is 0.259 e. The highest BCUT2D eigenvalue weighted by Gasteiger charge is 2.35. The van der Waals surface area contributed by atoms with Gasteiger partial charge >= 0.3 is 0 Å². The largest absolute Gasteiger partial charge is 0.497 e. The summed E-state index contributed by atoms with van der Waals surface area (Å²) in [5.74, 6) is -1.62. The highest BCUT2D eigenvalue weighted by Crippen LogP contribution is 2.38. The average Bonchev–Trinajstić information content (AvgIpc) is 3.51. The summed E-state index contributed by atoms with van der Waals surface area (Å²) in [6.45, 7) is 10.6. The molecule has 0 spiro atoms. The first kappa shape index (κ1) is 36.8. The molecule has 0 unspecified atom stereocenters. The number of anilines is 1. The zero-order chi connectivity index (χ0) is 35.7. The Morgan fingerprint density at radius 3 is 2.45 bits per heavy atom. The number of halogens is 1. The van der Waals surface area contributed by atoms with Gasteiger partial charge in [-0.05, 0) is 87.4 Å². The van der Waals surface area contributed by atoms with Gasteiger partial charge in [-0.25, -0.2) is 4.39 Å². The van der Waals surface area contributed by atoms with Crippen molar-refractivity contribution in [2.75, 3.05) is 51.3 Å². The van der Waals surface area contributed by atoms with Gasteiger partial charge in [-0.1, -0.05) is 26.0 Å². The second-order valence-corrected chi connectivity index (χ2v) is 11.8. The van der Waals surface area contributed by atoms with Crippen LogP contribution in [0, 0.1) is 19.7 Å². The third kappa shape index (κ3) is 8.92. The molecule has 0 aliphatic carbocycles. The van der Waals surface area contributed by atoms with E-state index < -0.39 is 36.1 Å². The standard InChI is InChI=1S/C36H46FN7O5/c1-6-43(7-2)17-16-39-35(47)33-22(3)30(41-23(33)4)19-28-27-18-25(37)10-13-31(27)44(36(28)48)21-32(45)42-29(14-15-38)34(46)40-20-24-8-11-26(49-5)12-9-24/h8-13,18-19,29,41H,6-7,14-17,20-21,38H2,1-5H3,(H,39,47)(H,40,46)(H,42,45)/b28-19-/t29-/m0/s1. The van der Waals surface area contributed by atoms with Crippen molar-refractivity contribution in [3.63, 3.8) is 0 Å². The van der Waals surface area contributed by atoms with E-state index in [1.165, 1.54) is 23.1 Å². The second kappa shape index (κ2) is 16.9. The Kier molecular flexibility index (Phi) is 12.7. The fourth-order valence-corrected chi connectivity index (χ4v) is 5.86. The van der Waals surface area contributed by atoms with Gasteiger partial charge in [0, 0.05) is 36.6 Å². The van der Waals surface area contributed by atoms with Crippen LogP contribution in [0.2, 0.25) is 0 Å². The van der Waals surface area contributed by atoms with Gasteiger partial charge in [0.2, 0.25) is 11.8 Å². The number of methoxy groups -OCH3 is 1. The van der Waals surface area contributed by atoms with E-state index >= 15 is 0 Å². The van der Waals surface area contributed by atoms with Gasteiger partial charge in [-0.3, -0.25) is 24.1 Å². The maximum Gasteiger partial charge on any atom is 0.259 e. The number of likely N-dealkylation sites (N-methyl/N-ethyl adjacent to an activating group) is 1. The predicted octanol–water partition coefficient (Wildman–Crippen LogP) is 2.89. The quantitative estimate of drug-likeness (QED) is 0.146. The van der Waals surface area contributed by atoms with Crippen LogP contribution >= 0.6 is 0 Å². The molecule has 13 heteroatoms. The molecule has 1 atom stereocenters. The minimum atomic E-state index is -0.933. The minimum Gasteiger partial charge on any atom is -0.497 e. The molecule has 262 valence electrons. The summed E-state index contributed by atoms with van der Waals surface area (Å²) in [5.41, 5.74) is 9.67. The van der Waals surface area contributed by atoms with Gasteiger partial charge in [0.05, 0.1) is 23.9 Å². The number of nitrogens with one attached hydrogen (secondary N) is 4. The van der Waals surface area contributed by atoms with Gasteiger partial charge in [0.25, 0.3) is 11.8 Å². The summed E-state index contributed by atoms with van der Waals surface area (Å²) in [5, 5.41) is 8.48. The molecule has 0 radical (unpaired) electrons. The molecule has 4 amide bonds. The molecule has 2 heterocycles. The van der Waals surface area contributed by atoms with Crippen molar-refractivity contribution >= 4 is 41.0 Å². The molecule has 49 heavy (non-hydrogen) atoms. The first-order chi connectivity index (χ1) is 23.5. The highest BCUT2D eigenvalue weighted by atomic mass is 19.1. The Labute approximate surface area is 286 Å². The lowest BCUT2D eigenvalue weighted by Crippen LogP contribution is -2.50. The fourth-order valence-electron chi connectivity index (χ4n) is 5.86. The molecule has 2 aromatic carbocycles. The SMILES string of the molecule is CCN(CC)CCNC(=O)c1c(C)[nH]c(/C=C2\C(=O)N(CC(=O)N[C@@H](CCN)C(=O)NCc3ccc(OC)cc3)c3ccc(F)cc32)c1C. The predicted molar refractivity (Wildman–Crippen MR) is 187 cm³/mol. The van der Waals surface area contributed by atoms with Crippen molar-refractivity contribution in [3.8, 4) is 5.75 Å². The molecular formula is C36H46FN7O5. The monoisotopic (exact) mass is 675 g/mol. The normalized spacial score (nSPS) is 13.8. The number of fused-ring (bicyclic) bond motifs is 1. The number of benzene rings is 2. The molecule has 1 aliphatic heterocycles. The van der Waals surface area contributed by atoms with E-state index in [-0.39, 0.29) is 31.0 Å². The van der Waals surface area contributed by atoms with Crippen LogP contribution in [0.25, 0.3) is 11.6 Å². The van der Waals surface area contributed by atoms with Crippen LogP contribution in [0.1, 0.15) is 58.7 Å². The van der Waals surface area contributed by atoms with E-state index in [1.54, 1.807) is 39.2 Å². The second-order valence-electron chi connectivity index (χ2n) is 11.8. The lowest BCUT2D eigenvalue weighted by atomic mass is 10.0. The number of aryl methyl sites for hydroxylation is 1. The first-order valence-electron chi connectivity index (χ1n) is 16.4. The number of carbonyl (C=O) groups is 4. The third-order valence-electron chi connectivity index (χ3n) is 8.65. The molecule has 12 nitrogen and oxygen atoms in total. The maximum absolute atomic E-state index is 14.5. The maximum atomic E-state index is 14.5. The Bertz CT molecular complexity index is 1700. The van der Waals surface area contributed by atoms with Crippen molar-refractivity contribution in [2.45, 2.75) is 46.7 Å². The van der Waals surface area contributed by atoms with Crippen LogP contribution in [0.15, 0.2) is 42.5 Å². The number of hydrogen-bond donors (Lipinski definition) is 5. The number of aromatic nitrogens is 1. The minimum absolute atomic E-state index is 0.142. The molecule has 4 rings (SSSR count). The number of rotatable bonds is 16.